The molecule has 0 fully saturated rings. The highest BCUT2D eigenvalue weighted by atomic mass is 32.2. The van der Waals surface area contributed by atoms with Gasteiger partial charge in [0.1, 0.15) is 11.6 Å². The summed E-state index contributed by atoms with van der Waals surface area (Å²) in [7, 11) is 1.89. The SMILES string of the molecule is Cc1occc1-c1nnc(SCc2nnc(-c3ccc(F)cc3)o2)n1C. The smallest absolute Gasteiger partial charge is 0.247 e. The van der Waals surface area contributed by atoms with Crippen LogP contribution in [0.4, 0.5) is 4.39 Å². The van der Waals surface area contributed by atoms with Gasteiger partial charge in [-0.3, -0.25) is 0 Å². The van der Waals surface area contributed by atoms with Crippen molar-refractivity contribution in [2.24, 2.45) is 7.05 Å². The van der Waals surface area contributed by atoms with Gasteiger partial charge in [0.2, 0.25) is 11.8 Å². The van der Waals surface area contributed by atoms with Crippen molar-refractivity contribution in [3.05, 3.63) is 54.1 Å². The van der Waals surface area contributed by atoms with Crippen LogP contribution in [0.3, 0.4) is 0 Å². The molecule has 3 aromatic heterocycles. The summed E-state index contributed by atoms with van der Waals surface area (Å²) >= 11 is 1.44. The largest absolute Gasteiger partial charge is 0.469 e. The number of hydrogen-bond donors (Lipinski definition) is 0. The number of aromatic nitrogens is 5. The Bertz CT molecular complexity index is 1040. The molecule has 0 aliphatic rings. The third-order valence-electron chi connectivity index (χ3n) is 3.82. The molecule has 0 N–H and O–H groups in total. The van der Waals surface area contributed by atoms with Gasteiger partial charge in [-0.05, 0) is 37.3 Å². The molecule has 3 heterocycles. The molecule has 0 aliphatic carbocycles. The maximum Gasteiger partial charge on any atom is 0.247 e. The Morgan fingerprint density at radius 2 is 1.88 bits per heavy atom. The second kappa shape index (κ2) is 6.75. The summed E-state index contributed by atoms with van der Waals surface area (Å²) in [4.78, 5) is 0. The summed E-state index contributed by atoms with van der Waals surface area (Å²) in [5, 5.41) is 17.2. The summed E-state index contributed by atoms with van der Waals surface area (Å²) in [6.45, 7) is 1.88. The highest BCUT2D eigenvalue weighted by Crippen LogP contribution is 2.28. The van der Waals surface area contributed by atoms with Crippen molar-refractivity contribution in [3.63, 3.8) is 0 Å². The van der Waals surface area contributed by atoms with Gasteiger partial charge in [-0.15, -0.1) is 20.4 Å². The number of aryl methyl sites for hydroxylation is 1. The number of benzene rings is 1. The Hall–Kier alpha value is -2.94. The predicted octanol–water partition coefficient (Wildman–Crippen LogP) is 3.86. The van der Waals surface area contributed by atoms with Crippen molar-refractivity contribution >= 4 is 11.8 Å². The third-order valence-corrected chi connectivity index (χ3v) is 4.82. The fourth-order valence-electron chi connectivity index (χ4n) is 2.44. The Labute approximate surface area is 152 Å². The number of nitrogens with zero attached hydrogens (tertiary/aromatic N) is 5. The van der Waals surface area contributed by atoms with E-state index in [1.54, 1.807) is 18.4 Å². The van der Waals surface area contributed by atoms with Crippen LogP contribution in [-0.4, -0.2) is 25.0 Å². The van der Waals surface area contributed by atoms with Gasteiger partial charge >= 0.3 is 0 Å². The quantitative estimate of drug-likeness (QED) is 0.493. The van der Waals surface area contributed by atoms with E-state index in [1.165, 1.54) is 23.9 Å². The minimum atomic E-state index is -0.310. The van der Waals surface area contributed by atoms with Gasteiger partial charge in [-0.25, -0.2) is 4.39 Å². The van der Waals surface area contributed by atoms with Gasteiger partial charge in [0, 0.05) is 12.6 Å². The molecule has 0 radical (unpaired) electrons. The first-order valence-electron chi connectivity index (χ1n) is 7.77. The summed E-state index contributed by atoms with van der Waals surface area (Å²) in [5.41, 5.74) is 1.58. The van der Waals surface area contributed by atoms with E-state index >= 15 is 0 Å². The number of halogens is 1. The molecule has 0 amide bonds. The normalized spacial score (nSPS) is 11.2. The molecule has 0 saturated heterocycles. The molecule has 4 rings (SSSR count). The van der Waals surface area contributed by atoms with E-state index in [0.29, 0.717) is 23.1 Å². The molecular formula is C17H14FN5O2S. The number of rotatable bonds is 5. The molecule has 4 aromatic rings. The van der Waals surface area contributed by atoms with Crippen molar-refractivity contribution in [1.29, 1.82) is 0 Å². The molecule has 0 bridgehead atoms. The van der Waals surface area contributed by atoms with Crippen LogP contribution in [0.25, 0.3) is 22.8 Å². The first kappa shape index (κ1) is 16.5. The van der Waals surface area contributed by atoms with Crippen LogP contribution in [0.15, 0.2) is 50.6 Å². The lowest BCUT2D eigenvalue weighted by atomic mass is 10.2. The van der Waals surface area contributed by atoms with E-state index in [4.69, 9.17) is 8.83 Å². The second-order valence-corrected chi connectivity index (χ2v) is 6.49. The van der Waals surface area contributed by atoms with Crippen molar-refractivity contribution in [2.75, 3.05) is 0 Å². The van der Waals surface area contributed by atoms with Gasteiger partial charge in [-0.1, -0.05) is 11.8 Å². The Kier molecular flexibility index (Phi) is 4.29. The Balaban J connectivity index is 1.48. The molecule has 132 valence electrons. The Morgan fingerprint density at radius 3 is 2.62 bits per heavy atom. The molecular weight excluding hydrogens is 357 g/mol. The lowest BCUT2D eigenvalue weighted by Gasteiger charge is -2.01. The molecule has 1 aromatic carbocycles. The standard InChI is InChI=1S/C17H14FN5O2S/c1-10-13(7-8-24-10)15-20-22-17(23(15)2)26-9-14-19-21-16(25-14)11-3-5-12(18)6-4-11/h3-8H,9H2,1-2H3. The summed E-state index contributed by atoms with van der Waals surface area (Å²) in [6, 6.07) is 7.77. The van der Waals surface area contributed by atoms with Crippen molar-refractivity contribution in [3.8, 4) is 22.8 Å². The van der Waals surface area contributed by atoms with Gasteiger partial charge < -0.3 is 13.4 Å². The van der Waals surface area contributed by atoms with Gasteiger partial charge in [0.05, 0.1) is 17.6 Å². The lowest BCUT2D eigenvalue weighted by molar-refractivity contribution is 0.528. The van der Waals surface area contributed by atoms with Crippen LogP contribution in [0.2, 0.25) is 0 Å². The van der Waals surface area contributed by atoms with E-state index < -0.39 is 0 Å². The minimum Gasteiger partial charge on any atom is -0.469 e. The monoisotopic (exact) mass is 371 g/mol. The van der Waals surface area contributed by atoms with E-state index in [2.05, 4.69) is 20.4 Å². The zero-order valence-electron chi connectivity index (χ0n) is 14.0. The van der Waals surface area contributed by atoms with Crippen LogP contribution in [0.1, 0.15) is 11.7 Å². The molecule has 26 heavy (non-hydrogen) atoms. The maximum atomic E-state index is 13.0. The van der Waals surface area contributed by atoms with Crippen LogP contribution < -0.4 is 0 Å². The molecule has 0 aliphatic heterocycles. The first-order chi connectivity index (χ1) is 12.6. The van der Waals surface area contributed by atoms with Crippen LogP contribution >= 0.6 is 11.8 Å². The maximum absolute atomic E-state index is 13.0. The van der Waals surface area contributed by atoms with E-state index in [0.717, 1.165) is 22.3 Å². The molecule has 0 unspecified atom stereocenters. The van der Waals surface area contributed by atoms with Gasteiger partial charge in [0.25, 0.3) is 0 Å². The minimum absolute atomic E-state index is 0.310. The van der Waals surface area contributed by atoms with Crippen LogP contribution in [0.5, 0.6) is 0 Å². The number of thioether (sulfide) groups is 1. The van der Waals surface area contributed by atoms with Gasteiger partial charge in [0.15, 0.2) is 11.0 Å². The lowest BCUT2D eigenvalue weighted by Crippen LogP contribution is -1.95. The molecule has 7 nitrogen and oxygen atoms in total. The average Bonchev–Trinajstić information content (AvgIpc) is 3.35. The van der Waals surface area contributed by atoms with Crippen molar-refractivity contribution in [2.45, 2.75) is 17.8 Å². The third kappa shape index (κ3) is 3.13. The number of hydrogen-bond acceptors (Lipinski definition) is 7. The summed E-state index contributed by atoms with van der Waals surface area (Å²) in [5.74, 6) is 2.47. The van der Waals surface area contributed by atoms with Crippen LogP contribution in [-0.2, 0) is 12.8 Å². The zero-order chi connectivity index (χ0) is 18.1. The van der Waals surface area contributed by atoms with Gasteiger partial charge in [-0.2, -0.15) is 0 Å². The topological polar surface area (TPSA) is 82.8 Å². The fourth-order valence-corrected chi connectivity index (χ4v) is 3.19. The van der Waals surface area contributed by atoms with E-state index in [1.807, 2.05) is 24.6 Å². The zero-order valence-corrected chi connectivity index (χ0v) is 14.8. The average molecular weight is 371 g/mol. The molecule has 9 heteroatoms. The Morgan fingerprint density at radius 1 is 1.08 bits per heavy atom. The van der Waals surface area contributed by atoms with Crippen molar-refractivity contribution in [1.82, 2.24) is 25.0 Å². The molecule has 0 saturated carbocycles. The fraction of sp³-hybridized carbons (Fsp3) is 0.176. The first-order valence-corrected chi connectivity index (χ1v) is 8.75. The summed E-state index contributed by atoms with van der Waals surface area (Å²) in [6.07, 6.45) is 1.63. The van der Waals surface area contributed by atoms with Crippen molar-refractivity contribution < 1.29 is 13.2 Å². The van der Waals surface area contributed by atoms with Crippen LogP contribution in [0, 0.1) is 12.7 Å². The summed E-state index contributed by atoms with van der Waals surface area (Å²) < 4.78 is 25.8. The number of furan rings is 1. The second-order valence-electron chi connectivity index (χ2n) is 5.55. The highest BCUT2D eigenvalue weighted by molar-refractivity contribution is 7.98. The van der Waals surface area contributed by atoms with E-state index in [9.17, 15) is 4.39 Å². The molecule has 0 spiro atoms. The molecule has 0 atom stereocenters. The highest BCUT2D eigenvalue weighted by Gasteiger charge is 2.16. The van der Waals surface area contributed by atoms with E-state index in [-0.39, 0.29) is 5.82 Å². The predicted molar refractivity (Wildman–Crippen MR) is 92.7 cm³/mol.